The molecule has 0 aliphatic heterocycles. The second kappa shape index (κ2) is 7.72. The molecule has 0 fully saturated rings. The van der Waals surface area contributed by atoms with Crippen LogP contribution in [0.1, 0.15) is 23.0 Å². The SMILES string of the molecule is Cc1nccn1[C@@H](CO)c1ccc(NC(=O)Cc2cccnc2)cc1. The number of aryl methyl sites for hydroxylation is 1. The Morgan fingerprint density at radius 3 is 2.64 bits per heavy atom. The first-order valence-electron chi connectivity index (χ1n) is 8.06. The van der Waals surface area contributed by atoms with E-state index < -0.39 is 0 Å². The Balaban J connectivity index is 1.67. The highest BCUT2D eigenvalue weighted by molar-refractivity contribution is 5.92. The van der Waals surface area contributed by atoms with Crippen LogP contribution in [-0.4, -0.2) is 32.2 Å². The van der Waals surface area contributed by atoms with Gasteiger partial charge in [0.1, 0.15) is 5.82 Å². The van der Waals surface area contributed by atoms with E-state index in [4.69, 9.17) is 0 Å². The second-order valence-electron chi connectivity index (χ2n) is 5.79. The van der Waals surface area contributed by atoms with Gasteiger partial charge < -0.3 is 15.0 Å². The van der Waals surface area contributed by atoms with Crippen LogP contribution in [0.15, 0.2) is 61.2 Å². The number of anilines is 1. The Kier molecular flexibility index (Phi) is 5.20. The number of nitrogens with zero attached hydrogens (tertiary/aromatic N) is 3. The highest BCUT2D eigenvalue weighted by Crippen LogP contribution is 2.21. The number of imidazole rings is 1. The molecule has 1 aromatic carbocycles. The first kappa shape index (κ1) is 16.9. The highest BCUT2D eigenvalue weighted by atomic mass is 16.3. The predicted octanol–water partition coefficient (Wildman–Crippen LogP) is 2.35. The maximum atomic E-state index is 12.1. The van der Waals surface area contributed by atoms with Crippen LogP contribution in [0.2, 0.25) is 0 Å². The maximum absolute atomic E-state index is 12.1. The van der Waals surface area contributed by atoms with Gasteiger partial charge in [-0.1, -0.05) is 18.2 Å². The molecule has 25 heavy (non-hydrogen) atoms. The van der Waals surface area contributed by atoms with E-state index in [0.29, 0.717) is 0 Å². The topological polar surface area (TPSA) is 80.0 Å². The fourth-order valence-electron chi connectivity index (χ4n) is 2.75. The van der Waals surface area contributed by atoms with Crippen molar-refractivity contribution >= 4 is 11.6 Å². The Hall–Kier alpha value is -2.99. The van der Waals surface area contributed by atoms with E-state index in [1.165, 1.54) is 0 Å². The van der Waals surface area contributed by atoms with Crippen LogP contribution in [0, 0.1) is 6.92 Å². The van der Waals surface area contributed by atoms with Gasteiger partial charge in [-0.15, -0.1) is 0 Å². The third kappa shape index (κ3) is 4.10. The number of hydrogen-bond donors (Lipinski definition) is 2. The van der Waals surface area contributed by atoms with Crippen molar-refractivity contribution in [3.8, 4) is 0 Å². The van der Waals surface area contributed by atoms with E-state index in [0.717, 1.165) is 22.6 Å². The number of carbonyl (C=O) groups excluding carboxylic acids is 1. The summed E-state index contributed by atoms with van der Waals surface area (Å²) in [7, 11) is 0. The summed E-state index contributed by atoms with van der Waals surface area (Å²) in [4.78, 5) is 20.3. The van der Waals surface area contributed by atoms with Crippen molar-refractivity contribution < 1.29 is 9.90 Å². The van der Waals surface area contributed by atoms with Crippen molar-refractivity contribution in [3.05, 3.63) is 78.1 Å². The number of carbonyl (C=O) groups is 1. The van der Waals surface area contributed by atoms with Gasteiger partial charge in [-0.25, -0.2) is 4.98 Å². The fourth-order valence-corrected chi connectivity index (χ4v) is 2.75. The fraction of sp³-hybridized carbons (Fsp3) is 0.211. The average molecular weight is 336 g/mol. The van der Waals surface area contributed by atoms with E-state index in [-0.39, 0.29) is 25.0 Å². The maximum Gasteiger partial charge on any atom is 0.228 e. The van der Waals surface area contributed by atoms with Gasteiger partial charge in [0.15, 0.2) is 0 Å². The zero-order valence-corrected chi connectivity index (χ0v) is 14.0. The van der Waals surface area contributed by atoms with Crippen molar-refractivity contribution in [1.82, 2.24) is 14.5 Å². The molecule has 128 valence electrons. The van der Waals surface area contributed by atoms with Crippen LogP contribution in [0.25, 0.3) is 0 Å². The number of amides is 1. The van der Waals surface area contributed by atoms with Crippen LogP contribution >= 0.6 is 0 Å². The van der Waals surface area contributed by atoms with Crippen molar-refractivity contribution in [1.29, 1.82) is 0 Å². The molecular weight excluding hydrogens is 316 g/mol. The lowest BCUT2D eigenvalue weighted by Gasteiger charge is -2.18. The molecule has 0 unspecified atom stereocenters. The molecule has 0 bridgehead atoms. The van der Waals surface area contributed by atoms with E-state index in [9.17, 15) is 9.90 Å². The molecule has 3 rings (SSSR count). The lowest BCUT2D eigenvalue weighted by molar-refractivity contribution is -0.115. The number of benzene rings is 1. The molecule has 2 heterocycles. The van der Waals surface area contributed by atoms with Gasteiger partial charge in [-0.3, -0.25) is 9.78 Å². The van der Waals surface area contributed by atoms with E-state index >= 15 is 0 Å². The molecule has 6 heteroatoms. The first-order valence-corrected chi connectivity index (χ1v) is 8.06. The third-order valence-corrected chi connectivity index (χ3v) is 4.04. The molecule has 6 nitrogen and oxygen atoms in total. The molecule has 1 atom stereocenters. The van der Waals surface area contributed by atoms with Gasteiger partial charge in [0.25, 0.3) is 0 Å². The van der Waals surface area contributed by atoms with Crippen LogP contribution in [0.3, 0.4) is 0 Å². The van der Waals surface area contributed by atoms with Crippen LogP contribution < -0.4 is 5.32 Å². The molecule has 0 spiro atoms. The van der Waals surface area contributed by atoms with Crippen molar-refractivity contribution in [2.24, 2.45) is 0 Å². The second-order valence-corrected chi connectivity index (χ2v) is 5.79. The Morgan fingerprint density at radius 2 is 2.04 bits per heavy atom. The lowest BCUT2D eigenvalue weighted by Crippen LogP contribution is -2.16. The van der Waals surface area contributed by atoms with Crippen molar-refractivity contribution in [2.45, 2.75) is 19.4 Å². The molecule has 0 radical (unpaired) electrons. The van der Waals surface area contributed by atoms with Crippen molar-refractivity contribution in [3.63, 3.8) is 0 Å². The molecular formula is C19H20N4O2. The molecule has 3 aromatic rings. The predicted molar refractivity (Wildman–Crippen MR) is 95.2 cm³/mol. The highest BCUT2D eigenvalue weighted by Gasteiger charge is 2.14. The number of hydrogen-bond acceptors (Lipinski definition) is 4. The largest absolute Gasteiger partial charge is 0.394 e. The summed E-state index contributed by atoms with van der Waals surface area (Å²) in [5.41, 5.74) is 2.54. The molecule has 2 N–H and O–H groups in total. The van der Waals surface area contributed by atoms with Crippen LogP contribution in [-0.2, 0) is 11.2 Å². The minimum Gasteiger partial charge on any atom is -0.394 e. The number of aliphatic hydroxyl groups is 1. The zero-order chi connectivity index (χ0) is 17.6. The minimum absolute atomic E-state index is 0.0239. The Labute approximate surface area is 146 Å². The van der Waals surface area contributed by atoms with Crippen LogP contribution in [0.5, 0.6) is 0 Å². The summed E-state index contributed by atoms with van der Waals surface area (Å²) < 4.78 is 1.93. The molecule has 0 saturated carbocycles. The minimum atomic E-state index is -0.192. The third-order valence-electron chi connectivity index (χ3n) is 4.04. The van der Waals surface area contributed by atoms with Gasteiger partial charge in [0, 0.05) is 30.5 Å². The smallest absolute Gasteiger partial charge is 0.228 e. The number of rotatable bonds is 6. The van der Waals surface area contributed by atoms with Gasteiger partial charge >= 0.3 is 0 Å². The zero-order valence-electron chi connectivity index (χ0n) is 14.0. The van der Waals surface area contributed by atoms with E-state index in [1.54, 1.807) is 18.6 Å². The number of aliphatic hydroxyl groups excluding tert-OH is 1. The number of pyridine rings is 1. The van der Waals surface area contributed by atoms with Gasteiger partial charge in [0.2, 0.25) is 5.91 Å². The van der Waals surface area contributed by atoms with Crippen molar-refractivity contribution in [2.75, 3.05) is 11.9 Å². The van der Waals surface area contributed by atoms with E-state index in [1.807, 2.05) is 54.1 Å². The quantitative estimate of drug-likeness (QED) is 0.724. The number of aromatic nitrogens is 3. The average Bonchev–Trinajstić information content (AvgIpc) is 3.04. The monoisotopic (exact) mass is 336 g/mol. The molecule has 2 aromatic heterocycles. The number of nitrogens with one attached hydrogen (secondary N) is 1. The van der Waals surface area contributed by atoms with E-state index in [2.05, 4.69) is 15.3 Å². The first-order chi connectivity index (χ1) is 12.2. The van der Waals surface area contributed by atoms with Gasteiger partial charge in [-0.2, -0.15) is 0 Å². The van der Waals surface area contributed by atoms with Gasteiger partial charge in [-0.05, 0) is 36.2 Å². The normalized spacial score (nSPS) is 11.9. The summed E-state index contributed by atoms with van der Waals surface area (Å²) in [5, 5.41) is 12.6. The lowest BCUT2D eigenvalue weighted by atomic mass is 10.1. The molecule has 0 aliphatic carbocycles. The summed E-state index contributed by atoms with van der Waals surface area (Å²) >= 11 is 0. The summed E-state index contributed by atoms with van der Waals surface area (Å²) in [5.74, 6) is 0.748. The summed E-state index contributed by atoms with van der Waals surface area (Å²) in [6, 6.07) is 11.0. The molecule has 0 saturated heterocycles. The Bertz CT molecular complexity index is 828. The standard InChI is InChI=1S/C19H20N4O2/c1-14-21-9-10-23(14)18(13-24)16-4-6-17(7-5-16)22-19(25)11-15-3-2-8-20-12-15/h2-10,12,18,24H,11,13H2,1H3,(H,22,25)/t18-/m0/s1. The van der Waals surface area contributed by atoms with Crippen LogP contribution in [0.4, 0.5) is 5.69 Å². The Morgan fingerprint density at radius 1 is 1.24 bits per heavy atom. The molecule has 1 amide bonds. The summed E-state index contributed by atoms with van der Waals surface area (Å²) in [6.45, 7) is 1.87. The van der Waals surface area contributed by atoms with Gasteiger partial charge in [0.05, 0.1) is 19.1 Å². The molecule has 0 aliphatic rings. The summed E-state index contributed by atoms with van der Waals surface area (Å²) in [6.07, 6.45) is 7.20.